The first-order valence-electron chi connectivity index (χ1n) is 12.8. The predicted octanol–water partition coefficient (Wildman–Crippen LogP) is 4.91. The summed E-state index contributed by atoms with van der Waals surface area (Å²) in [5.74, 6) is 2.08. The molecule has 0 atom stereocenters. The van der Waals surface area contributed by atoms with E-state index in [4.69, 9.17) is 15.5 Å². The second kappa shape index (κ2) is 12.0. The molecule has 0 spiro atoms. The normalized spacial score (nSPS) is 15.2. The monoisotopic (exact) mass is 486 g/mol. The third-order valence-corrected chi connectivity index (χ3v) is 6.82. The van der Waals surface area contributed by atoms with E-state index in [-0.39, 0.29) is 0 Å². The molecule has 36 heavy (non-hydrogen) atoms. The number of nitrogens with two attached hydrogens (primary N) is 1. The summed E-state index contributed by atoms with van der Waals surface area (Å²) >= 11 is 0. The van der Waals surface area contributed by atoms with Gasteiger partial charge in [0, 0.05) is 38.0 Å². The van der Waals surface area contributed by atoms with Crippen molar-refractivity contribution >= 4 is 22.9 Å². The number of ether oxygens (including phenoxy) is 1. The molecule has 2 N–H and O–H groups in total. The molecule has 0 saturated carbocycles. The van der Waals surface area contributed by atoms with Gasteiger partial charge in [0.05, 0.1) is 23.7 Å². The number of nitrogens with zero attached hydrogens (tertiary/aromatic N) is 5. The highest BCUT2D eigenvalue weighted by Crippen LogP contribution is 2.28. The highest BCUT2D eigenvalue weighted by atomic mass is 16.5. The van der Waals surface area contributed by atoms with Crippen LogP contribution in [0.25, 0.3) is 0 Å². The van der Waals surface area contributed by atoms with E-state index in [2.05, 4.69) is 45.4 Å². The minimum absolute atomic E-state index is 0.585. The molecule has 1 aromatic heterocycles. The zero-order valence-electron chi connectivity index (χ0n) is 21.9. The number of aliphatic imine (C=N–C) groups is 1. The van der Waals surface area contributed by atoms with Crippen LogP contribution < -0.4 is 15.4 Å². The minimum atomic E-state index is 0.585. The first kappa shape index (κ1) is 25.6. The van der Waals surface area contributed by atoms with Crippen molar-refractivity contribution in [2.75, 3.05) is 51.0 Å². The van der Waals surface area contributed by atoms with Crippen LogP contribution in [0.3, 0.4) is 0 Å². The molecule has 4 rings (SSSR count). The fraction of sp³-hybridized carbons (Fsp3) is 0.414. The molecule has 1 aliphatic heterocycles. The molecular weight excluding hydrogens is 448 g/mol. The summed E-state index contributed by atoms with van der Waals surface area (Å²) in [7, 11) is 3.81. The maximum Gasteiger partial charge on any atom is 0.174 e. The molecule has 1 fully saturated rings. The smallest absolute Gasteiger partial charge is 0.174 e. The van der Waals surface area contributed by atoms with Gasteiger partial charge < -0.3 is 20.3 Å². The number of nitrogen functional groups attached to an aromatic ring is 1. The zero-order chi connectivity index (χ0) is 25.5. The van der Waals surface area contributed by atoms with Crippen molar-refractivity contribution < 1.29 is 4.74 Å². The molecule has 1 aliphatic rings. The predicted molar refractivity (Wildman–Crippen MR) is 149 cm³/mol. The Hall–Kier alpha value is -3.45. The second-order valence-corrected chi connectivity index (χ2v) is 9.82. The number of hydrogen-bond acceptors (Lipinski definition) is 7. The van der Waals surface area contributed by atoms with E-state index < -0.39 is 0 Å². The van der Waals surface area contributed by atoms with Crippen LogP contribution in [-0.4, -0.2) is 61.1 Å². The van der Waals surface area contributed by atoms with Crippen molar-refractivity contribution in [2.45, 2.75) is 33.1 Å². The standard InChI is InChI=1S/C29H38N6O/c1-21(27-22(2)32-33-29(28(27)30)34(3)4)31-25-11-8-12-26(19-25)36-20-24-14-17-35(18-15-24)16-13-23-9-6-5-7-10-23/h5-12,19,24H,13-18,20H2,1-4H3,(H2,30,32). The molecule has 0 aliphatic carbocycles. The van der Waals surface area contributed by atoms with Gasteiger partial charge in [0.15, 0.2) is 5.82 Å². The number of rotatable bonds is 9. The van der Waals surface area contributed by atoms with E-state index >= 15 is 0 Å². The summed E-state index contributed by atoms with van der Waals surface area (Å²) in [6.45, 7) is 8.01. The Labute approximate surface area is 215 Å². The fourth-order valence-electron chi connectivity index (χ4n) is 4.74. The summed E-state index contributed by atoms with van der Waals surface area (Å²) in [6.07, 6.45) is 3.47. The molecule has 7 nitrogen and oxygen atoms in total. The number of likely N-dealkylation sites (tertiary alicyclic amines) is 1. The van der Waals surface area contributed by atoms with E-state index in [9.17, 15) is 0 Å². The summed E-state index contributed by atoms with van der Waals surface area (Å²) in [6, 6.07) is 18.7. The van der Waals surface area contributed by atoms with Crippen molar-refractivity contribution in [3.05, 3.63) is 71.4 Å². The SMILES string of the molecule is CC(=Nc1cccc(OCC2CCN(CCc3ccccc3)CC2)c1)c1c(C)nnc(N(C)C)c1N. The van der Waals surface area contributed by atoms with Crippen molar-refractivity contribution in [3.63, 3.8) is 0 Å². The number of hydrogen-bond donors (Lipinski definition) is 1. The maximum atomic E-state index is 6.40. The molecule has 0 unspecified atom stereocenters. The van der Waals surface area contributed by atoms with E-state index in [0.29, 0.717) is 17.4 Å². The van der Waals surface area contributed by atoms with Crippen molar-refractivity contribution in [3.8, 4) is 5.75 Å². The van der Waals surface area contributed by atoms with E-state index in [1.54, 1.807) is 0 Å². The lowest BCUT2D eigenvalue weighted by Crippen LogP contribution is -2.36. The molecular formula is C29H38N6O. The van der Waals surface area contributed by atoms with Gasteiger partial charge >= 0.3 is 0 Å². The highest BCUT2D eigenvalue weighted by molar-refractivity contribution is 6.06. The third kappa shape index (κ3) is 6.61. The van der Waals surface area contributed by atoms with E-state index in [1.165, 1.54) is 18.4 Å². The van der Waals surface area contributed by atoms with Gasteiger partial charge in [-0.25, -0.2) is 0 Å². The van der Waals surface area contributed by atoms with Crippen LogP contribution in [0.5, 0.6) is 5.75 Å². The quantitative estimate of drug-likeness (QED) is 0.433. The number of benzene rings is 2. The Kier molecular flexibility index (Phi) is 8.54. The summed E-state index contributed by atoms with van der Waals surface area (Å²) < 4.78 is 6.19. The van der Waals surface area contributed by atoms with Crippen LogP contribution in [0.4, 0.5) is 17.2 Å². The van der Waals surface area contributed by atoms with Gasteiger partial charge in [-0.3, -0.25) is 4.99 Å². The van der Waals surface area contributed by atoms with Crippen LogP contribution in [0, 0.1) is 12.8 Å². The Morgan fingerprint density at radius 1 is 1.08 bits per heavy atom. The third-order valence-electron chi connectivity index (χ3n) is 6.82. The lowest BCUT2D eigenvalue weighted by molar-refractivity contribution is 0.142. The Morgan fingerprint density at radius 2 is 1.83 bits per heavy atom. The van der Waals surface area contributed by atoms with Crippen LogP contribution >= 0.6 is 0 Å². The maximum absolute atomic E-state index is 6.40. The van der Waals surface area contributed by atoms with Gasteiger partial charge in [-0.15, -0.1) is 5.10 Å². The lowest BCUT2D eigenvalue weighted by Gasteiger charge is -2.31. The van der Waals surface area contributed by atoms with Gasteiger partial charge in [-0.1, -0.05) is 36.4 Å². The van der Waals surface area contributed by atoms with Gasteiger partial charge in [0.25, 0.3) is 0 Å². The van der Waals surface area contributed by atoms with Crippen LogP contribution in [0.1, 0.15) is 36.6 Å². The summed E-state index contributed by atoms with van der Waals surface area (Å²) in [4.78, 5) is 9.26. The first-order valence-corrected chi connectivity index (χ1v) is 12.8. The largest absolute Gasteiger partial charge is 0.493 e. The number of aromatic nitrogens is 2. The van der Waals surface area contributed by atoms with Crippen molar-refractivity contribution in [1.82, 2.24) is 15.1 Å². The first-order chi connectivity index (χ1) is 17.4. The molecule has 2 heterocycles. The van der Waals surface area contributed by atoms with Gasteiger partial charge in [-0.05, 0) is 69.8 Å². The Bertz CT molecular complexity index is 1170. The number of anilines is 2. The second-order valence-electron chi connectivity index (χ2n) is 9.82. The molecule has 0 radical (unpaired) electrons. The van der Waals surface area contributed by atoms with Crippen LogP contribution in [0.2, 0.25) is 0 Å². The van der Waals surface area contributed by atoms with Gasteiger partial charge in [-0.2, -0.15) is 5.10 Å². The zero-order valence-corrected chi connectivity index (χ0v) is 21.9. The highest BCUT2D eigenvalue weighted by Gasteiger charge is 2.20. The summed E-state index contributed by atoms with van der Waals surface area (Å²) in [5.41, 5.74) is 11.7. The molecule has 0 bridgehead atoms. The topological polar surface area (TPSA) is 79.9 Å². The molecule has 2 aromatic carbocycles. The lowest BCUT2D eigenvalue weighted by atomic mass is 9.97. The average Bonchev–Trinajstić information content (AvgIpc) is 2.87. The van der Waals surface area contributed by atoms with Crippen molar-refractivity contribution in [1.29, 1.82) is 0 Å². The Balaban J connectivity index is 1.31. The van der Waals surface area contributed by atoms with Gasteiger partial charge in [0.2, 0.25) is 0 Å². The molecule has 1 saturated heterocycles. The summed E-state index contributed by atoms with van der Waals surface area (Å²) in [5, 5.41) is 8.49. The average molecular weight is 487 g/mol. The molecule has 3 aromatic rings. The Morgan fingerprint density at radius 3 is 2.56 bits per heavy atom. The minimum Gasteiger partial charge on any atom is -0.493 e. The van der Waals surface area contributed by atoms with E-state index in [1.807, 2.05) is 57.1 Å². The van der Waals surface area contributed by atoms with Gasteiger partial charge in [0.1, 0.15) is 5.75 Å². The molecule has 190 valence electrons. The molecule has 0 amide bonds. The van der Waals surface area contributed by atoms with Crippen LogP contribution in [0.15, 0.2) is 59.6 Å². The van der Waals surface area contributed by atoms with Crippen LogP contribution in [-0.2, 0) is 6.42 Å². The van der Waals surface area contributed by atoms with Crippen molar-refractivity contribution in [2.24, 2.45) is 10.9 Å². The fourth-order valence-corrected chi connectivity index (χ4v) is 4.74. The number of aryl methyl sites for hydroxylation is 1. The van der Waals surface area contributed by atoms with E-state index in [0.717, 1.165) is 61.1 Å². The number of piperidine rings is 1. The molecule has 7 heteroatoms.